The molecule has 0 unspecified atom stereocenters. The topological polar surface area (TPSA) is 88.8 Å². The number of allylic oxidation sites excluding steroid dienone is 1. The standard InChI is InChI=1S/C26H27F3N2O5/c1-2-35-24(34)25-10-4-9-21(25)31(16-20-8-5-11-36-20)23(33)18(14-25)13-22(32)30-15-17-6-3-7-19(12-17)26(27,28)29/h3,5-9,11-12,18H,2,4,10,13-16H2,1H3,(H,30,32)/t18-,25+/m1/s1. The average Bonchev–Trinajstić information content (AvgIpc) is 3.51. The number of rotatable bonds is 8. The van der Waals surface area contributed by atoms with Crippen molar-refractivity contribution in [2.45, 2.75) is 51.9 Å². The second kappa shape index (κ2) is 10.2. The van der Waals surface area contributed by atoms with Crippen molar-refractivity contribution in [1.29, 1.82) is 0 Å². The molecule has 1 aromatic carbocycles. The first-order chi connectivity index (χ1) is 17.1. The summed E-state index contributed by atoms with van der Waals surface area (Å²) in [6.45, 7) is 1.89. The number of hydrogen-bond acceptors (Lipinski definition) is 5. The highest BCUT2D eigenvalue weighted by atomic mass is 19.4. The quantitative estimate of drug-likeness (QED) is 0.532. The van der Waals surface area contributed by atoms with E-state index in [0.717, 1.165) is 12.1 Å². The molecule has 1 aliphatic carbocycles. The Morgan fingerprint density at radius 1 is 1.25 bits per heavy atom. The number of likely N-dealkylation sites (tertiary alicyclic amines) is 1. The Morgan fingerprint density at radius 2 is 2.06 bits per heavy atom. The number of ether oxygens (including phenoxy) is 1. The zero-order valence-electron chi connectivity index (χ0n) is 19.8. The molecule has 0 radical (unpaired) electrons. The predicted molar refractivity (Wildman–Crippen MR) is 122 cm³/mol. The Labute approximate surface area is 206 Å². The van der Waals surface area contributed by atoms with E-state index in [1.54, 1.807) is 19.1 Å². The van der Waals surface area contributed by atoms with Crippen LogP contribution in [0.15, 0.2) is 58.9 Å². The van der Waals surface area contributed by atoms with Gasteiger partial charge in [-0.15, -0.1) is 0 Å². The molecular formula is C26H27F3N2O5. The van der Waals surface area contributed by atoms with Gasteiger partial charge >= 0.3 is 12.1 Å². The van der Waals surface area contributed by atoms with Gasteiger partial charge in [0, 0.05) is 24.6 Å². The van der Waals surface area contributed by atoms with Crippen molar-refractivity contribution in [2.24, 2.45) is 11.3 Å². The molecule has 0 saturated carbocycles. The number of benzene rings is 1. The lowest BCUT2D eigenvalue weighted by atomic mass is 9.71. The van der Waals surface area contributed by atoms with Gasteiger partial charge in [0.15, 0.2) is 0 Å². The molecule has 1 saturated heterocycles. The van der Waals surface area contributed by atoms with Gasteiger partial charge in [0.05, 0.1) is 25.0 Å². The number of halogens is 3. The van der Waals surface area contributed by atoms with Crippen LogP contribution in [-0.2, 0) is 38.4 Å². The fourth-order valence-corrected chi connectivity index (χ4v) is 5.00. The molecule has 192 valence electrons. The van der Waals surface area contributed by atoms with Gasteiger partial charge in [-0.1, -0.05) is 18.2 Å². The number of fused-ring (bicyclic) bond motifs is 1. The van der Waals surface area contributed by atoms with E-state index in [4.69, 9.17) is 9.15 Å². The lowest BCUT2D eigenvalue weighted by molar-refractivity contribution is -0.161. The number of amides is 2. The summed E-state index contributed by atoms with van der Waals surface area (Å²) in [7, 11) is 0. The number of nitrogens with zero attached hydrogens (tertiary/aromatic N) is 1. The molecule has 2 aliphatic rings. The maximum atomic E-state index is 13.5. The van der Waals surface area contributed by atoms with Crippen LogP contribution in [0.2, 0.25) is 0 Å². The molecule has 7 nitrogen and oxygen atoms in total. The van der Waals surface area contributed by atoms with Crippen LogP contribution in [0.3, 0.4) is 0 Å². The minimum absolute atomic E-state index is 0.112. The zero-order valence-corrected chi connectivity index (χ0v) is 19.8. The molecule has 1 fully saturated rings. The van der Waals surface area contributed by atoms with Gasteiger partial charge in [-0.3, -0.25) is 14.4 Å². The predicted octanol–water partition coefficient (Wildman–Crippen LogP) is 4.58. The highest BCUT2D eigenvalue weighted by molar-refractivity contribution is 5.92. The Hall–Kier alpha value is -3.56. The molecule has 4 rings (SSSR count). The molecule has 10 heteroatoms. The van der Waals surface area contributed by atoms with Crippen molar-refractivity contribution >= 4 is 17.8 Å². The van der Waals surface area contributed by atoms with E-state index in [1.807, 2.05) is 6.08 Å². The fraction of sp³-hybridized carbons (Fsp3) is 0.423. The second-order valence-electron chi connectivity index (χ2n) is 9.01. The maximum absolute atomic E-state index is 13.5. The molecule has 0 bridgehead atoms. The Kier molecular flexibility index (Phi) is 7.23. The van der Waals surface area contributed by atoms with Gasteiger partial charge in [0.2, 0.25) is 11.8 Å². The normalized spacial score (nSPS) is 21.7. The highest BCUT2D eigenvalue weighted by Crippen LogP contribution is 2.51. The van der Waals surface area contributed by atoms with Gasteiger partial charge in [-0.2, -0.15) is 13.2 Å². The first-order valence-electron chi connectivity index (χ1n) is 11.8. The lowest BCUT2D eigenvalue weighted by Gasteiger charge is -2.43. The molecular weight excluding hydrogens is 477 g/mol. The average molecular weight is 505 g/mol. The van der Waals surface area contributed by atoms with Crippen molar-refractivity contribution in [3.05, 3.63) is 71.3 Å². The van der Waals surface area contributed by atoms with Crippen LogP contribution in [0.1, 0.15) is 49.5 Å². The minimum atomic E-state index is -4.49. The van der Waals surface area contributed by atoms with Gasteiger partial charge in [0.25, 0.3) is 0 Å². The highest BCUT2D eigenvalue weighted by Gasteiger charge is 2.55. The van der Waals surface area contributed by atoms with Crippen LogP contribution >= 0.6 is 0 Å². The monoisotopic (exact) mass is 504 g/mol. The summed E-state index contributed by atoms with van der Waals surface area (Å²) < 4.78 is 49.7. The summed E-state index contributed by atoms with van der Waals surface area (Å²) in [6, 6.07) is 8.12. The number of alkyl halides is 3. The Balaban J connectivity index is 1.51. The number of carbonyl (C=O) groups excluding carboxylic acids is 3. The van der Waals surface area contributed by atoms with Crippen LogP contribution in [-0.4, -0.2) is 29.3 Å². The molecule has 36 heavy (non-hydrogen) atoms. The number of carbonyl (C=O) groups is 3. The van der Waals surface area contributed by atoms with Crippen LogP contribution in [0.5, 0.6) is 0 Å². The van der Waals surface area contributed by atoms with E-state index in [9.17, 15) is 27.6 Å². The molecule has 1 aromatic heterocycles. The Morgan fingerprint density at radius 3 is 2.75 bits per heavy atom. The molecule has 2 atom stereocenters. The number of furan rings is 1. The summed E-state index contributed by atoms with van der Waals surface area (Å²) in [4.78, 5) is 40.8. The smallest absolute Gasteiger partial charge is 0.416 e. The number of hydrogen-bond donors (Lipinski definition) is 1. The van der Waals surface area contributed by atoms with E-state index < -0.39 is 34.9 Å². The van der Waals surface area contributed by atoms with Crippen molar-refractivity contribution in [1.82, 2.24) is 10.2 Å². The molecule has 2 amide bonds. The zero-order chi connectivity index (χ0) is 25.9. The summed E-state index contributed by atoms with van der Waals surface area (Å²) in [6.07, 6.45) is -0.162. The summed E-state index contributed by atoms with van der Waals surface area (Å²) in [5.74, 6) is -1.51. The molecule has 2 heterocycles. The molecule has 2 aromatic rings. The van der Waals surface area contributed by atoms with Crippen molar-refractivity contribution in [2.75, 3.05) is 6.61 Å². The van der Waals surface area contributed by atoms with Crippen molar-refractivity contribution in [3.8, 4) is 0 Å². The summed E-state index contributed by atoms with van der Waals surface area (Å²) in [5, 5.41) is 2.61. The van der Waals surface area contributed by atoms with Gasteiger partial charge < -0.3 is 19.4 Å². The largest absolute Gasteiger partial charge is 0.467 e. The molecule has 1 aliphatic heterocycles. The fourth-order valence-electron chi connectivity index (χ4n) is 5.00. The maximum Gasteiger partial charge on any atom is 0.416 e. The van der Waals surface area contributed by atoms with E-state index in [1.165, 1.54) is 23.3 Å². The number of esters is 1. The van der Waals surface area contributed by atoms with Crippen molar-refractivity contribution in [3.63, 3.8) is 0 Å². The first-order valence-corrected chi connectivity index (χ1v) is 11.8. The number of piperidine rings is 1. The van der Waals surface area contributed by atoms with E-state index in [0.29, 0.717) is 24.3 Å². The second-order valence-corrected chi connectivity index (χ2v) is 9.01. The molecule has 0 spiro atoms. The van der Waals surface area contributed by atoms with E-state index in [-0.39, 0.29) is 44.0 Å². The third-order valence-corrected chi connectivity index (χ3v) is 6.64. The van der Waals surface area contributed by atoms with E-state index >= 15 is 0 Å². The lowest BCUT2D eigenvalue weighted by Crippen LogP contribution is -2.52. The number of nitrogens with one attached hydrogen (secondary N) is 1. The Bertz CT molecular complexity index is 1160. The van der Waals surface area contributed by atoms with Crippen LogP contribution in [0.4, 0.5) is 13.2 Å². The SMILES string of the molecule is CCOC(=O)[C@]12CCC=C1N(Cc1ccco1)C(=O)[C@H](CC(=O)NCc1cccc(C(F)(F)F)c1)C2. The summed E-state index contributed by atoms with van der Waals surface area (Å²) in [5.41, 5.74) is -0.982. The van der Waals surface area contributed by atoms with Gasteiger partial charge in [-0.05, 0) is 56.0 Å². The minimum Gasteiger partial charge on any atom is -0.467 e. The van der Waals surface area contributed by atoms with Crippen LogP contribution < -0.4 is 5.32 Å². The van der Waals surface area contributed by atoms with Gasteiger partial charge in [-0.25, -0.2) is 0 Å². The summed E-state index contributed by atoms with van der Waals surface area (Å²) >= 11 is 0. The van der Waals surface area contributed by atoms with Crippen LogP contribution in [0.25, 0.3) is 0 Å². The van der Waals surface area contributed by atoms with Gasteiger partial charge in [0.1, 0.15) is 11.2 Å². The third kappa shape index (κ3) is 5.17. The first kappa shape index (κ1) is 25.5. The van der Waals surface area contributed by atoms with Crippen LogP contribution in [0, 0.1) is 11.3 Å². The third-order valence-electron chi connectivity index (χ3n) is 6.64. The van der Waals surface area contributed by atoms with E-state index in [2.05, 4.69) is 5.32 Å². The molecule has 1 N–H and O–H groups in total. The van der Waals surface area contributed by atoms with Crippen molar-refractivity contribution < 1.29 is 36.7 Å².